The first-order valence-electron chi connectivity index (χ1n) is 13.1. The summed E-state index contributed by atoms with van der Waals surface area (Å²) in [5, 5.41) is 9.77. The number of halogens is 3. The largest absolute Gasteiger partial charge is 0.489 e. The summed E-state index contributed by atoms with van der Waals surface area (Å²) in [7, 11) is 0. The minimum absolute atomic E-state index is 0.00866. The molecule has 1 aliphatic heterocycles. The van der Waals surface area contributed by atoms with Gasteiger partial charge in [0.15, 0.2) is 0 Å². The molecule has 1 fully saturated rings. The molecule has 0 aliphatic carbocycles. The molecule has 1 aliphatic rings. The second-order valence-electron chi connectivity index (χ2n) is 9.97. The molecular weight excluding hydrogens is 550 g/mol. The number of nitrogens with zero attached hydrogens (tertiary/aromatic N) is 2. The van der Waals surface area contributed by atoms with E-state index in [0.717, 1.165) is 12.0 Å². The second-order valence-corrected chi connectivity index (χ2v) is 10.4. The number of ether oxygens (including phenoxy) is 2. The van der Waals surface area contributed by atoms with Crippen molar-refractivity contribution >= 4 is 28.6 Å². The number of imidazole rings is 1. The van der Waals surface area contributed by atoms with Gasteiger partial charge < -0.3 is 19.1 Å². The maximum Gasteiger partial charge on any atom is 0.335 e. The molecule has 208 valence electrons. The summed E-state index contributed by atoms with van der Waals surface area (Å²) in [6.07, 6.45) is 1.30. The molecular formula is C32H25ClF2N2O4. The minimum Gasteiger partial charge on any atom is -0.489 e. The third kappa shape index (κ3) is 5.80. The molecule has 1 saturated heterocycles. The molecule has 6 nitrogen and oxygen atoms in total. The lowest BCUT2D eigenvalue weighted by Gasteiger charge is -2.27. The van der Waals surface area contributed by atoms with Crippen molar-refractivity contribution in [1.29, 1.82) is 0 Å². The predicted octanol–water partition coefficient (Wildman–Crippen LogP) is 7.29. The number of carboxylic acids is 1. The van der Waals surface area contributed by atoms with Crippen molar-refractivity contribution in [1.82, 2.24) is 9.55 Å². The zero-order valence-electron chi connectivity index (χ0n) is 21.8. The number of hydrogen-bond donors (Lipinski definition) is 1. The lowest BCUT2D eigenvalue weighted by molar-refractivity contribution is -0.0589. The molecule has 41 heavy (non-hydrogen) atoms. The van der Waals surface area contributed by atoms with Crippen LogP contribution in [0.1, 0.15) is 33.7 Å². The lowest BCUT2D eigenvalue weighted by Crippen LogP contribution is -2.31. The molecule has 9 heteroatoms. The van der Waals surface area contributed by atoms with Crippen LogP contribution in [0, 0.1) is 11.6 Å². The Hall–Kier alpha value is -4.27. The Morgan fingerprint density at radius 1 is 1.05 bits per heavy atom. The van der Waals surface area contributed by atoms with Crippen molar-refractivity contribution in [2.75, 3.05) is 6.61 Å². The average Bonchev–Trinajstić information content (AvgIpc) is 3.26. The van der Waals surface area contributed by atoms with Crippen LogP contribution in [0.4, 0.5) is 8.78 Å². The van der Waals surface area contributed by atoms with Crippen LogP contribution in [0.2, 0.25) is 5.02 Å². The highest BCUT2D eigenvalue weighted by Crippen LogP contribution is 2.29. The number of fused-ring (bicyclic) bond motifs is 1. The Kier molecular flexibility index (Phi) is 7.43. The number of rotatable bonds is 9. The van der Waals surface area contributed by atoms with E-state index in [1.165, 1.54) is 18.2 Å². The van der Waals surface area contributed by atoms with Crippen LogP contribution in [-0.4, -0.2) is 33.3 Å². The summed E-state index contributed by atoms with van der Waals surface area (Å²) >= 11 is 5.82. The highest BCUT2D eigenvalue weighted by Gasteiger charge is 2.23. The van der Waals surface area contributed by atoms with E-state index in [2.05, 4.69) is 0 Å². The van der Waals surface area contributed by atoms with Gasteiger partial charge in [0.2, 0.25) is 0 Å². The van der Waals surface area contributed by atoms with E-state index >= 15 is 4.39 Å². The lowest BCUT2D eigenvalue weighted by atomic mass is 10.0. The van der Waals surface area contributed by atoms with Crippen LogP contribution in [0.25, 0.3) is 22.2 Å². The highest BCUT2D eigenvalue weighted by molar-refractivity contribution is 6.30. The van der Waals surface area contributed by atoms with Crippen LogP contribution in [0.5, 0.6) is 5.75 Å². The summed E-state index contributed by atoms with van der Waals surface area (Å²) in [5.74, 6) is -0.679. The fourth-order valence-corrected chi connectivity index (χ4v) is 5.07. The molecule has 0 spiro atoms. The van der Waals surface area contributed by atoms with Crippen molar-refractivity contribution < 1.29 is 28.2 Å². The van der Waals surface area contributed by atoms with E-state index in [4.69, 9.17) is 26.1 Å². The minimum atomic E-state index is -1.01. The van der Waals surface area contributed by atoms with Gasteiger partial charge in [-0.2, -0.15) is 0 Å². The third-order valence-corrected chi connectivity index (χ3v) is 7.44. The summed E-state index contributed by atoms with van der Waals surface area (Å²) in [4.78, 5) is 16.3. The molecule has 1 atom stereocenters. The van der Waals surface area contributed by atoms with E-state index < -0.39 is 17.6 Å². The monoisotopic (exact) mass is 574 g/mol. The molecule has 0 amide bonds. The van der Waals surface area contributed by atoms with Crippen LogP contribution >= 0.6 is 11.6 Å². The first kappa shape index (κ1) is 26.9. The molecule has 5 aromatic rings. The van der Waals surface area contributed by atoms with E-state index in [1.807, 2.05) is 10.6 Å². The standard InChI is InChI=1S/C32H25ClF2N2O4/c33-23-7-5-22(27(34)16-23)18-41-24-3-1-2-20(14-24)26-8-4-19(12-28(26)35)13-31-36-29-9-6-21(32(38)39)15-30(29)37(31)17-25-10-11-40-25/h1-9,12,14-16,25H,10-11,13,17-18H2,(H,38,39). The highest BCUT2D eigenvalue weighted by atomic mass is 35.5. The zero-order chi connectivity index (χ0) is 28.5. The number of benzene rings is 4. The Balaban J connectivity index is 1.23. The summed E-state index contributed by atoms with van der Waals surface area (Å²) in [6.45, 7) is 1.25. The Morgan fingerprint density at radius 3 is 2.63 bits per heavy atom. The van der Waals surface area contributed by atoms with Gasteiger partial charge in [-0.05, 0) is 66.1 Å². The fraction of sp³-hybridized carbons (Fsp3) is 0.188. The van der Waals surface area contributed by atoms with Crippen molar-refractivity contribution in [2.45, 2.75) is 32.1 Å². The van der Waals surface area contributed by atoms with E-state index in [-0.39, 0.29) is 18.3 Å². The van der Waals surface area contributed by atoms with E-state index in [0.29, 0.717) is 63.9 Å². The molecule has 1 unspecified atom stereocenters. The van der Waals surface area contributed by atoms with E-state index in [9.17, 15) is 14.3 Å². The Morgan fingerprint density at radius 2 is 1.90 bits per heavy atom. The van der Waals surface area contributed by atoms with Crippen molar-refractivity contribution in [3.8, 4) is 16.9 Å². The van der Waals surface area contributed by atoms with Gasteiger partial charge in [0.1, 0.15) is 29.8 Å². The third-order valence-electron chi connectivity index (χ3n) is 7.20. The van der Waals surface area contributed by atoms with Crippen LogP contribution in [0.15, 0.2) is 78.9 Å². The van der Waals surface area contributed by atoms with Gasteiger partial charge >= 0.3 is 5.97 Å². The second kappa shape index (κ2) is 11.3. The number of carbonyl (C=O) groups is 1. The van der Waals surface area contributed by atoms with Gasteiger partial charge in [0.05, 0.1) is 29.2 Å². The van der Waals surface area contributed by atoms with Crippen molar-refractivity contribution in [3.63, 3.8) is 0 Å². The first-order chi connectivity index (χ1) is 19.8. The SMILES string of the molecule is O=C(O)c1ccc2nc(Cc3ccc(-c4cccc(OCc5ccc(Cl)cc5F)c4)c(F)c3)n(CC3CCO3)c2c1. The molecule has 2 heterocycles. The number of aromatic nitrogens is 2. The summed E-state index contributed by atoms with van der Waals surface area (Å²) in [5.41, 5.74) is 3.68. The Bertz CT molecular complexity index is 1770. The number of aromatic carboxylic acids is 1. The quantitative estimate of drug-likeness (QED) is 0.200. The topological polar surface area (TPSA) is 73.6 Å². The van der Waals surface area contributed by atoms with Gasteiger partial charge in [-0.25, -0.2) is 18.6 Å². The predicted molar refractivity (Wildman–Crippen MR) is 151 cm³/mol. The number of hydrogen-bond acceptors (Lipinski definition) is 4. The average molecular weight is 575 g/mol. The summed E-state index contributed by atoms with van der Waals surface area (Å²) in [6, 6.07) is 21.3. The van der Waals surface area contributed by atoms with E-state index in [1.54, 1.807) is 54.6 Å². The van der Waals surface area contributed by atoms with Gasteiger partial charge in [0.25, 0.3) is 0 Å². The Labute approximate surface area is 239 Å². The molecule has 1 aromatic heterocycles. The van der Waals surface area contributed by atoms with Gasteiger partial charge in [-0.15, -0.1) is 0 Å². The normalized spacial score (nSPS) is 14.7. The molecule has 6 rings (SSSR count). The van der Waals surface area contributed by atoms with Crippen molar-refractivity contribution in [3.05, 3.63) is 118 Å². The fourth-order valence-electron chi connectivity index (χ4n) is 4.91. The maximum atomic E-state index is 15.4. The smallest absolute Gasteiger partial charge is 0.335 e. The molecule has 0 bridgehead atoms. The van der Waals surface area contributed by atoms with Gasteiger partial charge in [-0.3, -0.25) is 0 Å². The zero-order valence-corrected chi connectivity index (χ0v) is 22.6. The summed E-state index contributed by atoms with van der Waals surface area (Å²) < 4.78 is 42.9. The maximum absolute atomic E-state index is 15.4. The molecule has 0 radical (unpaired) electrons. The molecule has 1 N–H and O–H groups in total. The van der Waals surface area contributed by atoms with Crippen LogP contribution in [-0.2, 0) is 24.3 Å². The number of carboxylic acid groups (broad SMARTS) is 1. The molecule has 4 aromatic carbocycles. The van der Waals surface area contributed by atoms with Gasteiger partial charge in [0, 0.05) is 29.2 Å². The van der Waals surface area contributed by atoms with Crippen LogP contribution < -0.4 is 4.74 Å². The van der Waals surface area contributed by atoms with Gasteiger partial charge in [-0.1, -0.05) is 41.9 Å². The molecule has 0 saturated carbocycles. The first-order valence-corrected chi connectivity index (χ1v) is 13.5. The van der Waals surface area contributed by atoms with Crippen LogP contribution in [0.3, 0.4) is 0 Å². The van der Waals surface area contributed by atoms with Crippen molar-refractivity contribution in [2.24, 2.45) is 0 Å².